The third-order valence-corrected chi connectivity index (χ3v) is 11.1. The molecule has 43 heavy (non-hydrogen) atoms. The number of thiophene rings is 2. The molecule has 14 heteroatoms. The van der Waals surface area contributed by atoms with Gasteiger partial charge in [-0.3, -0.25) is 9.36 Å². The summed E-state index contributed by atoms with van der Waals surface area (Å²) in [5.74, 6) is 1.07. The molecule has 0 bridgehead atoms. The van der Waals surface area contributed by atoms with Gasteiger partial charge in [0.25, 0.3) is 0 Å². The van der Waals surface area contributed by atoms with Crippen molar-refractivity contribution in [2.24, 2.45) is 0 Å². The number of fused-ring (bicyclic) bond motifs is 3. The molecule has 0 fully saturated rings. The van der Waals surface area contributed by atoms with Crippen molar-refractivity contribution in [1.82, 2.24) is 24.7 Å². The van der Waals surface area contributed by atoms with Crippen molar-refractivity contribution in [2.45, 2.75) is 56.1 Å². The second kappa shape index (κ2) is 12.6. The van der Waals surface area contributed by atoms with E-state index >= 15 is 0 Å². The molecule has 0 saturated carbocycles. The Labute approximate surface area is 264 Å². The minimum Gasteiger partial charge on any atom is -0.462 e. The van der Waals surface area contributed by atoms with Crippen LogP contribution in [0, 0.1) is 13.8 Å². The lowest BCUT2D eigenvalue weighted by Crippen LogP contribution is -2.17. The first-order chi connectivity index (χ1) is 20.8. The van der Waals surface area contributed by atoms with Gasteiger partial charge in [0.05, 0.1) is 29.1 Å². The average Bonchev–Trinajstić information content (AvgIpc) is 3.74. The number of amides is 1. The SMILES string of the molecule is CCOC(=O)c1c(NC(=O)CSc2nnc(CSc3nc(N)c4c5c(sc4n3)CCC5)n2-c2ccccc2)sc(C)c1C. The van der Waals surface area contributed by atoms with Gasteiger partial charge in [0.2, 0.25) is 5.91 Å². The van der Waals surface area contributed by atoms with Crippen LogP contribution in [0.25, 0.3) is 15.9 Å². The van der Waals surface area contributed by atoms with E-state index in [-0.39, 0.29) is 18.3 Å². The van der Waals surface area contributed by atoms with Gasteiger partial charge in [-0.15, -0.1) is 32.9 Å². The predicted molar refractivity (Wildman–Crippen MR) is 174 cm³/mol. The number of aryl methyl sites for hydroxylation is 3. The molecule has 6 rings (SSSR count). The zero-order valence-electron chi connectivity index (χ0n) is 23.8. The number of rotatable bonds is 10. The number of nitrogens with two attached hydrogens (primary N) is 1. The maximum Gasteiger partial charge on any atom is 0.341 e. The van der Waals surface area contributed by atoms with E-state index in [1.165, 1.54) is 45.3 Å². The van der Waals surface area contributed by atoms with Gasteiger partial charge >= 0.3 is 5.97 Å². The molecule has 3 N–H and O–H groups in total. The summed E-state index contributed by atoms with van der Waals surface area (Å²) in [5.41, 5.74) is 9.79. The largest absolute Gasteiger partial charge is 0.462 e. The Balaban J connectivity index is 1.19. The molecule has 1 amide bonds. The van der Waals surface area contributed by atoms with Crippen LogP contribution in [0.15, 0.2) is 40.6 Å². The molecule has 0 spiro atoms. The minimum atomic E-state index is -0.439. The second-order valence-corrected chi connectivity index (χ2v) is 14.0. The van der Waals surface area contributed by atoms with Crippen molar-refractivity contribution >= 4 is 79.1 Å². The molecule has 10 nitrogen and oxygen atoms in total. The van der Waals surface area contributed by atoms with E-state index in [9.17, 15) is 9.59 Å². The van der Waals surface area contributed by atoms with Gasteiger partial charge in [-0.25, -0.2) is 14.8 Å². The number of esters is 1. The van der Waals surface area contributed by atoms with Crippen LogP contribution in [0.4, 0.5) is 10.8 Å². The molecule has 4 aromatic heterocycles. The highest BCUT2D eigenvalue weighted by Crippen LogP contribution is 2.40. The molecule has 0 atom stereocenters. The Morgan fingerprint density at radius 1 is 1.09 bits per heavy atom. The summed E-state index contributed by atoms with van der Waals surface area (Å²) in [4.78, 5) is 38.2. The molecule has 1 aliphatic rings. The van der Waals surface area contributed by atoms with Crippen LogP contribution in [0.2, 0.25) is 0 Å². The van der Waals surface area contributed by atoms with Crippen LogP contribution < -0.4 is 11.1 Å². The number of hydrogen-bond acceptors (Lipinski definition) is 12. The van der Waals surface area contributed by atoms with Gasteiger partial charge in [-0.1, -0.05) is 41.7 Å². The van der Waals surface area contributed by atoms with Crippen molar-refractivity contribution in [1.29, 1.82) is 0 Å². The number of nitrogen functional groups attached to an aromatic ring is 1. The molecule has 4 heterocycles. The Hall–Kier alpha value is -3.46. The highest BCUT2D eigenvalue weighted by Gasteiger charge is 2.24. The highest BCUT2D eigenvalue weighted by molar-refractivity contribution is 7.99. The van der Waals surface area contributed by atoms with Crippen molar-refractivity contribution < 1.29 is 14.3 Å². The third-order valence-electron chi connectivity index (χ3n) is 7.07. The van der Waals surface area contributed by atoms with Gasteiger partial charge < -0.3 is 15.8 Å². The Morgan fingerprint density at radius 3 is 2.70 bits per heavy atom. The molecule has 0 aliphatic heterocycles. The van der Waals surface area contributed by atoms with Gasteiger partial charge in [0.15, 0.2) is 10.3 Å². The van der Waals surface area contributed by atoms with Gasteiger partial charge in [-0.05, 0) is 63.3 Å². The normalized spacial score (nSPS) is 12.5. The zero-order valence-corrected chi connectivity index (χ0v) is 27.1. The predicted octanol–water partition coefficient (Wildman–Crippen LogP) is 6.22. The summed E-state index contributed by atoms with van der Waals surface area (Å²) in [6, 6.07) is 9.77. The fraction of sp³-hybridized carbons (Fsp3) is 0.310. The monoisotopic (exact) mass is 651 g/mol. The van der Waals surface area contributed by atoms with Crippen LogP contribution in [-0.2, 0) is 28.1 Å². The summed E-state index contributed by atoms with van der Waals surface area (Å²) in [6.45, 7) is 5.79. The molecular weight excluding hydrogens is 623 g/mol. The third kappa shape index (κ3) is 6.01. The van der Waals surface area contributed by atoms with Crippen LogP contribution in [0.1, 0.15) is 50.4 Å². The van der Waals surface area contributed by atoms with Crippen LogP contribution in [0.3, 0.4) is 0 Å². The van der Waals surface area contributed by atoms with Crippen molar-refractivity contribution in [2.75, 3.05) is 23.4 Å². The quantitative estimate of drug-likeness (QED) is 0.102. The Kier molecular flexibility index (Phi) is 8.71. The first-order valence-electron chi connectivity index (χ1n) is 13.7. The summed E-state index contributed by atoms with van der Waals surface area (Å²) in [7, 11) is 0. The lowest BCUT2D eigenvalue weighted by atomic mass is 10.1. The summed E-state index contributed by atoms with van der Waals surface area (Å²) in [5, 5.41) is 14.5. The smallest absolute Gasteiger partial charge is 0.341 e. The first kappa shape index (κ1) is 29.6. The molecule has 1 aliphatic carbocycles. The number of ether oxygens (including phenoxy) is 1. The van der Waals surface area contributed by atoms with E-state index in [0.29, 0.717) is 38.3 Å². The number of nitrogens with zero attached hydrogens (tertiary/aromatic N) is 5. The number of nitrogens with one attached hydrogen (secondary N) is 1. The van der Waals surface area contributed by atoms with E-state index < -0.39 is 5.97 Å². The van der Waals surface area contributed by atoms with Crippen LogP contribution >= 0.6 is 46.2 Å². The molecule has 5 aromatic rings. The fourth-order valence-electron chi connectivity index (χ4n) is 4.98. The molecule has 0 radical (unpaired) electrons. The van der Waals surface area contributed by atoms with Crippen molar-refractivity contribution in [3.8, 4) is 5.69 Å². The number of anilines is 2. The standard InChI is InChI=1S/C29H29N7O3S4/c1-4-39-27(38)22-15(2)16(3)42-25(22)31-21(37)14-41-29-35-34-20(36(29)17-9-6-5-7-10-17)13-40-28-32-24(30)23-18-11-8-12-19(18)43-26(23)33-28/h5-7,9-10H,4,8,11-14H2,1-3H3,(H,31,37)(H2,30,32,33). The van der Waals surface area contributed by atoms with Gasteiger partial charge in [-0.2, -0.15) is 0 Å². The molecular formula is C29H29N7O3S4. The highest BCUT2D eigenvalue weighted by atomic mass is 32.2. The number of thioether (sulfide) groups is 2. The second-order valence-electron chi connectivity index (χ2n) is 9.83. The fourth-order valence-corrected chi connectivity index (χ4v) is 8.90. The van der Waals surface area contributed by atoms with E-state index in [1.807, 2.05) is 48.7 Å². The maximum atomic E-state index is 13.0. The summed E-state index contributed by atoms with van der Waals surface area (Å²) >= 11 is 5.80. The van der Waals surface area contributed by atoms with E-state index in [4.69, 9.17) is 15.5 Å². The Bertz CT molecular complexity index is 1830. The van der Waals surface area contributed by atoms with Crippen molar-refractivity contribution in [3.63, 3.8) is 0 Å². The molecule has 1 aromatic carbocycles. The summed E-state index contributed by atoms with van der Waals surface area (Å²) < 4.78 is 7.15. The van der Waals surface area contributed by atoms with Crippen LogP contribution in [0.5, 0.6) is 0 Å². The number of aromatic nitrogens is 5. The van der Waals surface area contributed by atoms with E-state index in [1.54, 1.807) is 18.3 Å². The van der Waals surface area contributed by atoms with E-state index in [2.05, 4.69) is 20.5 Å². The lowest BCUT2D eigenvalue weighted by Gasteiger charge is -2.10. The van der Waals surface area contributed by atoms with Gasteiger partial charge in [0, 0.05) is 15.4 Å². The van der Waals surface area contributed by atoms with Crippen LogP contribution in [-0.4, -0.2) is 49.0 Å². The number of benzene rings is 1. The molecule has 222 valence electrons. The zero-order chi connectivity index (χ0) is 30.1. The number of carbonyl (C=O) groups excluding carboxylic acids is 2. The first-order valence-corrected chi connectivity index (χ1v) is 17.3. The number of para-hydroxylation sites is 1. The summed E-state index contributed by atoms with van der Waals surface area (Å²) in [6.07, 6.45) is 3.27. The Morgan fingerprint density at radius 2 is 1.91 bits per heavy atom. The van der Waals surface area contributed by atoms with Crippen molar-refractivity contribution in [3.05, 3.63) is 62.6 Å². The molecule has 0 saturated heterocycles. The van der Waals surface area contributed by atoms with Gasteiger partial charge in [0.1, 0.15) is 21.5 Å². The van der Waals surface area contributed by atoms with E-state index in [0.717, 1.165) is 45.6 Å². The lowest BCUT2D eigenvalue weighted by molar-refractivity contribution is -0.113. The number of carbonyl (C=O) groups is 2. The topological polar surface area (TPSA) is 138 Å². The molecule has 0 unspecified atom stereocenters. The maximum absolute atomic E-state index is 13.0. The average molecular weight is 652 g/mol. The minimum absolute atomic E-state index is 0.0791. The number of hydrogen-bond donors (Lipinski definition) is 2.